The Morgan fingerprint density at radius 3 is 2.72 bits per heavy atom. The molecule has 1 fully saturated rings. The molecule has 5 rings (SSSR count). The van der Waals surface area contributed by atoms with Gasteiger partial charge in [-0.2, -0.15) is 4.98 Å². The van der Waals surface area contributed by atoms with Gasteiger partial charge in [-0.25, -0.2) is 9.37 Å². The number of halogens is 1. The number of piperidine rings is 1. The number of hydrogen-bond acceptors (Lipinski definition) is 5. The Morgan fingerprint density at radius 2 is 1.91 bits per heavy atom. The predicted octanol–water partition coefficient (Wildman–Crippen LogP) is 4.60. The second kappa shape index (κ2) is 8.53. The molecule has 1 aliphatic heterocycles. The number of nitrogens with zero attached hydrogens (tertiary/aromatic N) is 5. The Balaban J connectivity index is 1.32. The van der Waals surface area contributed by atoms with E-state index >= 15 is 0 Å². The molecule has 0 N–H and O–H groups in total. The summed E-state index contributed by atoms with van der Waals surface area (Å²) in [4.78, 5) is 23.3. The standard InChI is InChI=1S/C24H24FN5O2/c1-16-5-6-18(13-19(16)25)24-27-23(28-32-24)17-7-8-21-20(14-17)26-15-30(21)12-9-22(31)29-10-3-2-4-11-29/h5-8,13-15H,2-4,9-12H2,1H3. The number of carbonyl (C=O) groups excluding carboxylic acids is 1. The third kappa shape index (κ3) is 4.00. The minimum absolute atomic E-state index is 0.204. The van der Waals surface area contributed by atoms with Gasteiger partial charge in [-0.15, -0.1) is 0 Å². The second-order valence-corrected chi connectivity index (χ2v) is 8.22. The molecule has 164 valence electrons. The van der Waals surface area contributed by atoms with Crippen molar-refractivity contribution in [3.05, 3.63) is 54.1 Å². The molecule has 0 saturated carbocycles. The van der Waals surface area contributed by atoms with Crippen LogP contribution >= 0.6 is 0 Å². The van der Waals surface area contributed by atoms with Crippen molar-refractivity contribution in [2.45, 2.75) is 39.2 Å². The molecule has 2 aromatic carbocycles. The lowest BCUT2D eigenvalue weighted by Crippen LogP contribution is -2.35. The molecular formula is C24H24FN5O2. The average Bonchev–Trinajstić information content (AvgIpc) is 3.47. The lowest BCUT2D eigenvalue weighted by atomic mass is 10.1. The van der Waals surface area contributed by atoms with Gasteiger partial charge in [0.2, 0.25) is 11.7 Å². The van der Waals surface area contributed by atoms with Crippen LogP contribution in [0.3, 0.4) is 0 Å². The molecule has 0 spiro atoms. The van der Waals surface area contributed by atoms with Gasteiger partial charge in [0.1, 0.15) is 5.82 Å². The number of aromatic nitrogens is 4. The van der Waals surface area contributed by atoms with Crippen LogP contribution in [0.2, 0.25) is 0 Å². The first-order chi connectivity index (χ1) is 15.6. The SMILES string of the molecule is Cc1ccc(-c2nc(-c3ccc4c(c3)ncn4CCC(=O)N3CCCCC3)no2)cc1F. The lowest BCUT2D eigenvalue weighted by Gasteiger charge is -2.26. The first-order valence-electron chi connectivity index (χ1n) is 10.9. The molecule has 4 aromatic rings. The Kier molecular flexibility index (Phi) is 5.43. The minimum Gasteiger partial charge on any atom is -0.343 e. The van der Waals surface area contributed by atoms with Crippen LogP contribution in [0.1, 0.15) is 31.2 Å². The van der Waals surface area contributed by atoms with Gasteiger partial charge in [0.15, 0.2) is 0 Å². The van der Waals surface area contributed by atoms with Crippen molar-refractivity contribution in [2.24, 2.45) is 0 Å². The highest BCUT2D eigenvalue weighted by Gasteiger charge is 2.17. The monoisotopic (exact) mass is 433 g/mol. The van der Waals surface area contributed by atoms with Gasteiger partial charge in [-0.05, 0) is 62.1 Å². The topological polar surface area (TPSA) is 77.1 Å². The van der Waals surface area contributed by atoms with Gasteiger partial charge in [0.05, 0.1) is 17.4 Å². The maximum atomic E-state index is 13.9. The highest BCUT2D eigenvalue weighted by atomic mass is 19.1. The molecule has 7 nitrogen and oxygen atoms in total. The van der Waals surface area contributed by atoms with E-state index in [1.807, 2.05) is 27.7 Å². The summed E-state index contributed by atoms with van der Waals surface area (Å²) in [5, 5.41) is 4.05. The zero-order chi connectivity index (χ0) is 22.1. The first kappa shape index (κ1) is 20.4. The van der Waals surface area contributed by atoms with Crippen molar-refractivity contribution in [3.8, 4) is 22.8 Å². The third-order valence-corrected chi connectivity index (χ3v) is 6.00. The zero-order valence-corrected chi connectivity index (χ0v) is 17.9. The van der Waals surface area contributed by atoms with Crippen LogP contribution in [-0.4, -0.2) is 43.6 Å². The van der Waals surface area contributed by atoms with Crippen molar-refractivity contribution in [2.75, 3.05) is 13.1 Å². The Bertz CT molecular complexity index is 1270. The van der Waals surface area contributed by atoms with Gasteiger partial charge < -0.3 is 14.0 Å². The zero-order valence-electron chi connectivity index (χ0n) is 17.9. The van der Waals surface area contributed by atoms with Crippen molar-refractivity contribution in [1.82, 2.24) is 24.6 Å². The fourth-order valence-corrected chi connectivity index (χ4v) is 4.08. The summed E-state index contributed by atoms with van der Waals surface area (Å²) in [6.45, 7) is 4.04. The predicted molar refractivity (Wildman–Crippen MR) is 118 cm³/mol. The summed E-state index contributed by atoms with van der Waals surface area (Å²) in [5.41, 5.74) is 3.60. The maximum Gasteiger partial charge on any atom is 0.258 e. The van der Waals surface area contributed by atoms with E-state index in [-0.39, 0.29) is 17.6 Å². The van der Waals surface area contributed by atoms with Crippen molar-refractivity contribution < 1.29 is 13.7 Å². The fourth-order valence-electron chi connectivity index (χ4n) is 4.08. The van der Waals surface area contributed by atoms with E-state index in [0.717, 1.165) is 42.5 Å². The average molecular weight is 433 g/mol. The number of amides is 1. The number of carbonyl (C=O) groups is 1. The van der Waals surface area contributed by atoms with Crippen LogP contribution < -0.4 is 0 Å². The third-order valence-electron chi connectivity index (χ3n) is 6.00. The maximum absolute atomic E-state index is 13.9. The van der Waals surface area contributed by atoms with E-state index in [1.54, 1.807) is 25.4 Å². The molecule has 0 atom stereocenters. The molecule has 0 unspecified atom stereocenters. The van der Waals surface area contributed by atoms with Crippen molar-refractivity contribution in [1.29, 1.82) is 0 Å². The van der Waals surface area contributed by atoms with Crippen LogP contribution in [0, 0.1) is 12.7 Å². The highest BCUT2D eigenvalue weighted by molar-refractivity contribution is 5.81. The summed E-state index contributed by atoms with van der Waals surface area (Å²) in [6, 6.07) is 10.6. The summed E-state index contributed by atoms with van der Waals surface area (Å²) in [5.74, 6) is 0.571. The molecule has 0 aliphatic carbocycles. The quantitative estimate of drug-likeness (QED) is 0.460. The number of likely N-dealkylation sites (tertiary alicyclic amines) is 1. The van der Waals surface area contributed by atoms with E-state index in [4.69, 9.17) is 4.52 Å². The Hall–Kier alpha value is -3.55. The molecule has 1 amide bonds. The normalized spacial score (nSPS) is 14.2. The smallest absolute Gasteiger partial charge is 0.258 e. The molecule has 2 aromatic heterocycles. The number of aryl methyl sites for hydroxylation is 2. The van der Waals surface area contributed by atoms with Crippen molar-refractivity contribution in [3.63, 3.8) is 0 Å². The largest absolute Gasteiger partial charge is 0.343 e. The summed E-state index contributed by atoms with van der Waals surface area (Å²) in [6.07, 6.45) is 5.63. The summed E-state index contributed by atoms with van der Waals surface area (Å²) >= 11 is 0. The van der Waals surface area contributed by atoms with E-state index in [0.29, 0.717) is 29.9 Å². The first-order valence-corrected chi connectivity index (χ1v) is 10.9. The van der Waals surface area contributed by atoms with Crippen LogP contribution in [0.5, 0.6) is 0 Å². The lowest BCUT2D eigenvalue weighted by molar-refractivity contribution is -0.132. The van der Waals surface area contributed by atoms with Gasteiger partial charge in [-0.3, -0.25) is 4.79 Å². The second-order valence-electron chi connectivity index (χ2n) is 8.22. The number of rotatable bonds is 5. The molecule has 1 aliphatic rings. The molecule has 0 radical (unpaired) electrons. The van der Waals surface area contributed by atoms with E-state index in [2.05, 4.69) is 15.1 Å². The van der Waals surface area contributed by atoms with E-state index < -0.39 is 0 Å². The van der Waals surface area contributed by atoms with Crippen LogP contribution in [0.15, 0.2) is 47.2 Å². The number of imidazole rings is 1. The number of fused-ring (bicyclic) bond motifs is 1. The van der Waals surface area contributed by atoms with Crippen LogP contribution in [0.4, 0.5) is 4.39 Å². The van der Waals surface area contributed by atoms with Crippen LogP contribution in [0.25, 0.3) is 33.9 Å². The molecular weight excluding hydrogens is 409 g/mol. The fraction of sp³-hybridized carbons (Fsp3) is 0.333. The summed E-state index contributed by atoms with van der Waals surface area (Å²) in [7, 11) is 0. The molecule has 1 saturated heterocycles. The highest BCUT2D eigenvalue weighted by Crippen LogP contribution is 2.26. The molecule has 32 heavy (non-hydrogen) atoms. The number of hydrogen-bond donors (Lipinski definition) is 0. The van der Waals surface area contributed by atoms with Gasteiger partial charge in [-0.1, -0.05) is 11.2 Å². The molecule has 8 heteroatoms. The Morgan fingerprint density at radius 1 is 1.09 bits per heavy atom. The summed E-state index contributed by atoms with van der Waals surface area (Å²) < 4.78 is 21.2. The van der Waals surface area contributed by atoms with Gasteiger partial charge in [0.25, 0.3) is 5.89 Å². The molecule has 0 bridgehead atoms. The van der Waals surface area contributed by atoms with E-state index in [9.17, 15) is 9.18 Å². The van der Waals surface area contributed by atoms with Crippen molar-refractivity contribution >= 4 is 16.9 Å². The van der Waals surface area contributed by atoms with E-state index in [1.165, 1.54) is 12.5 Å². The minimum atomic E-state index is -0.312. The van der Waals surface area contributed by atoms with Crippen LogP contribution in [-0.2, 0) is 11.3 Å². The Labute approximate surface area is 184 Å². The van der Waals surface area contributed by atoms with Gasteiger partial charge >= 0.3 is 0 Å². The number of benzene rings is 2. The molecule has 3 heterocycles. The van der Waals surface area contributed by atoms with Gasteiger partial charge in [0, 0.05) is 37.2 Å².